The largest absolute Gasteiger partial charge is 0.478 e. The van der Waals surface area contributed by atoms with Crippen molar-refractivity contribution in [3.8, 4) is 0 Å². The summed E-state index contributed by atoms with van der Waals surface area (Å²) < 4.78 is 1.76. The molecule has 0 aliphatic carbocycles. The summed E-state index contributed by atoms with van der Waals surface area (Å²) in [6, 6.07) is 20.4. The maximum absolute atomic E-state index is 13.3. The number of fused-ring (bicyclic) bond motifs is 1. The number of pyridine rings is 2. The number of benzene rings is 2. The van der Waals surface area contributed by atoms with Crippen LogP contribution in [0, 0.1) is 0 Å². The Kier molecular flexibility index (Phi) is 6.42. The van der Waals surface area contributed by atoms with Crippen molar-refractivity contribution in [3.63, 3.8) is 0 Å². The second-order valence-corrected chi connectivity index (χ2v) is 8.63. The number of carboxylic acid groups (broad SMARTS) is 1. The molecule has 0 bridgehead atoms. The van der Waals surface area contributed by atoms with E-state index in [0.717, 1.165) is 50.5 Å². The van der Waals surface area contributed by atoms with E-state index in [1.165, 1.54) is 0 Å². The summed E-state index contributed by atoms with van der Waals surface area (Å²) >= 11 is 1.58. The van der Waals surface area contributed by atoms with Gasteiger partial charge in [-0.1, -0.05) is 55.9 Å². The van der Waals surface area contributed by atoms with Crippen molar-refractivity contribution in [1.29, 1.82) is 0 Å². The molecule has 0 unspecified atom stereocenters. The fourth-order valence-corrected chi connectivity index (χ4v) is 4.76. The first-order valence-electron chi connectivity index (χ1n) is 10.6. The second-order valence-electron chi connectivity index (χ2n) is 7.51. The highest BCUT2D eigenvalue weighted by Gasteiger charge is 2.16. The van der Waals surface area contributed by atoms with Gasteiger partial charge in [0.25, 0.3) is 5.56 Å². The molecule has 0 aliphatic rings. The first-order chi connectivity index (χ1) is 15.5. The third kappa shape index (κ3) is 4.46. The van der Waals surface area contributed by atoms with E-state index < -0.39 is 5.97 Å². The van der Waals surface area contributed by atoms with Gasteiger partial charge in [0.05, 0.1) is 23.3 Å². The Labute approximate surface area is 190 Å². The lowest BCUT2D eigenvalue weighted by Crippen LogP contribution is -2.21. The lowest BCUT2D eigenvalue weighted by molar-refractivity contribution is 0.0697. The topological polar surface area (TPSA) is 72.2 Å². The minimum atomic E-state index is -0.965. The van der Waals surface area contributed by atoms with Gasteiger partial charge in [-0.25, -0.2) is 4.79 Å². The van der Waals surface area contributed by atoms with Crippen molar-refractivity contribution in [2.45, 2.75) is 43.0 Å². The third-order valence-electron chi connectivity index (χ3n) is 5.39. The molecular formula is C26H24N2O3S. The zero-order valence-electron chi connectivity index (χ0n) is 18.0. The molecule has 162 valence electrons. The summed E-state index contributed by atoms with van der Waals surface area (Å²) in [6.07, 6.45) is 1.54. The van der Waals surface area contributed by atoms with Gasteiger partial charge >= 0.3 is 5.97 Å². The fraction of sp³-hybridized carbons (Fsp3) is 0.192. The number of nitrogens with zero attached hydrogens (tertiary/aromatic N) is 2. The third-order valence-corrected chi connectivity index (χ3v) is 6.44. The van der Waals surface area contributed by atoms with Crippen molar-refractivity contribution in [1.82, 2.24) is 9.55 Å². The maximum Gasteiger partial charge on any atom is 0.335 e. The van der Waals surface area contributed by atoms with E-state index in [1.54, 1.807) is 46.7 Å². The van der Waals surface area contributed by atoms with Crippen LogP contribution in [0.1, 0.15) is 41.2 Å². The lowest BCUT2D eigenvalue weighted by atomic mass is 10.1. The zero-order chi connectivity index (χ0) is 22.7. The van der Waals surface area contributed by atoms with Crippen LogP contribution in [0.15, 0.2) is 81.3 Å². The van der Waals surface area contributed by atoms with Crippen LogP contribution in [0.2, 0.25) is 0 Å². The Balaban J connectivity index is 1.89. The van der Waals surface area contributed by atoms with E-state index in [2.05, 4.69) is 13.8 Å². The van der Waals surface area contributed by atoms with Crippen LogP contribution in [-0.2, 0) is 19.4 Å². The Bertz CT molecular complexity index is 1330. The molecule has 0 atom stereocenters. The van der Waals surface area contributed by atoms with Crippen molar-refractivity contribution in [2.24, 2.45) is 0 Å². The van der Waals surface area contributed by atoms with Crippen LogP contribution < -0.4 is 5.56 Å². The molecule has 0 radical (unpaired) electrons. The Morgan fingerprint density at radius 2 is 1.72 bits per heavy atom. The minimum Gasteiger partial charge on any atom is -0.478 e. The molecule has 4 aromatic rings. The van der Waals surface area contributed by atoms with Gasteiger partial charge in [-0.3, -0.25) is 9.78 Å². The van der Waals surface area contributed by atoms with Gasteiger partial charge in [0.1, 0.15) is 0 Å². The van der Waals surface area contributed by atoms with Gasteiger partial charge < -0.3 is 9.67 Å². The first kappa shape index (κ1) is 21.8. The maximum atomic E-state index is 13.3. The van der Waals surface area contributed by atoms with Crippen molar-refractivity contribution in [3.05, 3.63) is 99.6 Å². The molecule has 0 aliphatic heterocycles. The van der Waals surface area contributed by atoms with Crippen LogP contribution in [0.25, 0.3) is 10.9 Å². The highest BCUT2D eigenvalue weighted by Crippen LogP contribution is 2.34. The smallest absolute Gasteiger partial charge is 0.335 e. The molecular weight excluding hydrogens is 420 g/mol. The van der Waals surface area contributed by atoms with E-state index in [4.69, 9.17) is 10.1 Å². The van der Waals surface area contributed by atoms with Crippen LogP contribution >= 0.6 is 11.8 Å². The van der Waals surface area contributed by atoms with E-state index in [-0.39, 0.29) is 11.1 Å². The Morgan fingerprint density at radius 3 is 2.34 bits per heavy atom. The fourth-order valence-electron chi connectivity index (χ4n) is 3.73. The summed E-state index contributed by atoms with van der Waals surface area (Å²) in [7, 11) is 0. The summed E-state index contributed by atoms with van der Waals surface area (Å²) in [5.41, 5.74) is 3.80. The van der Waals surface area contributed by atoms with Crippen LogP contribution in [0.3, 0.4) is 0 Å². The number of carbonyl (C=O) groups is 1. The monoisotopic (exact) mass is 444 g/mol. The number of aromatic nitrogens is 2. The van der Waals surface area contributed by atoms with Crippen LogP contribution in [0.5, 0.6) is 0 Å². The molecule has 5 nitrogen and oxygen atoms in total. The summed E-state index contributed by atoms with van der Waals surface area (Å²) in [5.74, 6) is -0.965. The van der Waals surface area contributed by atoms with Gasteiger partial charge in [-0.15, -0.1) is 0 Å². The molecule has 2 aromatic carbocycles. The van der Waals surface area contributed by atoms with E-state index in [1.807, 2.05) is 36.4 Å². The van der Waals surface area contributed by atoms with Crippen LogP contribution in [0.4, 0.5) is 0 Å². The Morgan fingerprint density at radius 1 is 1.00 bits per heavy atom. The quantitative estimate of drug-likeness (QED) is 0.412. The van der Waals surface area contributed by atoms with Crippen molar-refractivity contribution >= 4 is 28.6 Å². The van der Waals surface area contributed by atoms with Gasteiger partial charge in [0.15, 0.2) is 0 Å². The SMILES string of the molecule is CCc1cc2c(c(Sc3ccccc3)cc(=O)n2Cc2ccc(C(=O)O)cc2)c(CC)n1. The average molecular weight is 445 g/mol. The molecule has 0 amide bonds. The molecule has 0 saturated heterocycles. The van der Waals surface area contributed by atoms with E-state index in [0.29, 0.717) is 6.54 Å². The molecule has 4 rings (SSSR count). The number of rotatable bonds is 7. The number of hydrogen-bond acceptors (Lipinski definition) is 4. The van der Waals surface area contributed by atoms with Crippen molar-refractivity contribution < 1.29 is 9.90 Å². The molecule has 0 fully saturated rings. The standard InChI is InChI=1S/C26H24N2O3S/c1-3-19-14-22-25(21(4-2)27-19)23(32-20-8-6-5-7-9-20)15-24(29)28(22)16-17-10-12-18(13-11-17)26(30)31/h5-15H,3-4,16H2,1-2H3,(H,30,31). The van der Waals surface area contributed by atoms with Crippen molar-refractivity contribution in [2.75, 3.05) is 0 Å². The molecule has 1 N–H and O–H groups in total. The van der Waals surface area contributed by atoms with Crippen LogP contribution in [-0.4, -0.2) is 20.6 Å². The highest BCUT2D eigenvalue weighted by atomic mass is 32.2. The number of aryl methyl sites for hydroxylation is 2. The predicted octanol–water partition coefficient (Wildman–Crippen LogP) is 5.42. The summed E-state index contributed by atoms with van der Waals surface area (Å²) in [6.45, 7) is 4.50. The Hall–Kier alpha value is -3.38. The minimum absolute atomic E-state index is 0.0893. The normalized spacial score (nSPS) is 11.1. The average Bonchev–Trinajstić information content (AvgIpc) is 2.81. The van der Waals surface area contributed by atoms with E-state index in [9.17, 15) is 9.59 Å². The van der Waals surface area contributed by atoms with E-state index >= 15 is 0 Å². The number of hydrogen-bond donors (Lipinski definition) is 1. The lowest BCUT2D eigenvalue weighted by Gasteiger charge is -2.17. The highest BCUT2D eigenvalue weighted by molar-refractivity contribution is 7.99. The summed E-state index contributed by atoms with van der Waals surface area (Å²) in [4.78, 5) is 31.2. The van der Waals surface area contributed by atoms with Gasteiger partial charge in [0.2, 0.25) is 0 Å². The van der Waals surface area contributed by atoms with Gasteiger partial charge in [-0.05, 0) is 48.7 Å². The number of carboxylic acids is 1. The second kappa shape index (κ2) is 9.40. The van der Waals surface area contributed by atoms with Gasteiger partial charge in [-0.2, -0.15) is 0 Å². The predicted molar refractivity (Wildman–Crippen MR) is 128 cm³/mol. The molecule has 32 heavy (non-hydrogen) atoms. The molecule has 6 heteroatoms. The zero-order valence-corrected chi connectivity index (χ0v) is 18.9. The molecule has 2 aromatic heterocycles. The summed E-state index contributed by atoms with van der Waals surface area (Å²) in [5, 5.41) is 10.2. The molecule has 2 heterocycles. The van der Waals surface area contributed by atoms with Gasteiger partial charge in [0, 0.05) is 26.9 Å². The molecule has 0 spiro atoms. The molecule has 0 saturated carbocycles. The first-order valence-corrected chi connectivity index (χ1v) is 11.4. The number of aromatic carboxylic acids is 1.